The Balaban J connectivity index is 1.85. The summed E-state index contributed by atoms with van der Waals surface area (Å²) in [6.45, 7) is 0.443. The van der Waals surface area contributed by atoms with Crippen molar-refractivity contribution < 1.29 is 9.47 Å². The molecule has 1 aromatic carbocycles. The smallest absolute Gasteiger partial charge is 0.258 e. The van der Waals surface area contributed by atoms with Gasteiger partial charge in [-0.25, -0.2) is 9.97 Å². The highest BCUT2D eigenvalue weighted by Gasteiger charge is 2.10. The van der Waals surface area contributed by atoms with Crippen LogP contribution in [0, 0.1) is 0 Å². The van der Waals surface area contributed by atoms with Crippen LogP contribution in [0.15, 0.2) is 35.6 Å². The summed E-state index contributed by atoms with van der Waals surface area (Å²) >= 11 is 0. The third-order valence-corrected chi connectivity index (χ3v) is 3.08. The van der Waals surface area contributed by atoms with Gasteiger partial charge in [-0.2, -0.15) is 0 Å². The highest BCUT2D eigenvalue weighted by atomic mass is 16.5. The Morgan fingerprint density at radius 1 is 1.19 bits per heavy atom. The molecule has 108 valence electrons. The number of rotatable bonds is 5. The molecule has 7 heteroatoms. The van der Waals surface area contributed by atoms with Crippen LogP contribution in [0.2, 0.25) is 0 Å². The van der Waals surface area contributed by atoms with Crippen LogP contribution in [-0.4, -0.2) is 33.7 Å². The summed E-state index contributed by atoms with van der Waals surface area (Å²) in [5.41, 5.74) is 0.355. The number of aromatic amines is 2. The predicted molar refractivity (Wildman–Crippen MR) is 76.7 cm³/mol. The first-order chi connectivity index (χ1) is 10.3. The maximum absolute atomic E-state index is 11.7. The van der Waals surface area contributed by atoms with E-state index in [1.165, 1.54) is 13.4 Å². The van der Waals surface area contributed by atoms with Gasteiger partial charge in [0.2, 0.25) is 0 Å². The van der Waals surface area contributed by atoms with Crippen LogP contribution < -0.4 is 15.0 Å². The van der Waals surface area contributed by atoms with Crippen LogP contribution in [0.3, 0.4) is 0 Å². The number of benzene rings is 1. The van der Waals surface area contributed by atoms with Gasteiger partial charge < -0.3 is 19.4 Å². The lowest BCUT2D eigenvalue weighted by molar-refractivity contribution is 0.296. The average Bonchev–Trinajstić information content (AvgIpc) is 3.00. The van der Waals surface area contributed by atoms with Gasteiger partial charge in [-0.15, -0.1) is 0 Å². The van der Waals surface area contributed by atoms with E-state index in [0.29, 0.717) is 35.4 Å². The standard InChI is InChI=1S/C14H14N4O3/c1-20-11-6-9-10(17-8-18-14(9)19)7-12(11)21-5-2-13-15-3-4-16-13/h3-4,6-8H,2,5H2,1H3,(H,15,16)(H,17,18,19). The Kier molecular flexibility index (Phi) is 3.55. The lowest BCUT2D eigenvalue weighted by Crippen LogP contribution is -2.08. The van der Waals surface area contributed by atoms with Crippen LogP contribution in [-0.2, 0) is 6.42 Å². The molecule has 0 aliphatic heterocycles. The zero-order valence-electron chi connectivity index (χ0n) is 11.4. The van der Waals surface area contributed by atoms with E-state index in [1.807, 2.05) is 0 Å². The van der Waals surface area contributed by atoms with Gasteiger partial charge in [-0.3, -0.25) is 4.79 Å². The second-order valence-corrected chi connectivity index (χ2v) is 4.39. The molecule has 21 heavy (non-hydrogen) atoms. The Morgan fingerprint density at radius 3 is 2.86 bits per heavy atom. The minimum atomic E-state index is -0.208. The fraction of sp³-hybridized carbons (Fsp3) is 0.214. The van der Waals surface area contributed by atoms with Crippen molar-refractivity contribution in [2.75, 3.05) is 13.7 Å². The van der Waals surface area contributed by atoms with Crippen LogP contribution >= 0.6 is 0 Å². The van der Waals surface area contributed by atoms with Crippen LogP contribution in [0.1, 0.15) is 5.82 Å². The minimum Gasteiger partial charge on any atom is -0.493 e. The predicted octanol–water partition coefficient (Wildman–Crippen LogP) is 1.28. The molecule has 0 radical (unpaired) electrons. The normalized spacial score (nSPS) is 10.7. The molecule has 2 N–H and O–H groups in total. The summed E-state index contributed by atoms with van der Waals surface area (Å²) < 4.78 is 11.0. The van der Waals surface area contributed by atoms with Crippen LogP contribution in [0.4, 0.5) is 0 Å². The largest absolute Gasteiger partial charge is 0.493 e. The zero-order valence-corrected chi connectivity index (χ0v) is 11.4. The average molecular weight is 286 g/mol. The number of fused-ring (bicyclic) bond motifs is 1. The van der Waals surface area contributed by atoms with E-state index in [2.05, 4.69) is 19.9 Å². The van der Waals surface area contributed by atoms with Crippen LogP contribution in [0.5, 0.6) is 11.5 Å². The maximum atomic E-state index is 11.7. The Labute approximate surface area is 120 Å². The molecule has 0 atom stereocenters. The molecule has 3 rings (SSSR count). The molecule has 2 aromatic heterocycles. The van der Waals surface area contributed by atoms with Gasteiger partial charge in [-0.05, 0) is 6.07 Å². The number of imidazole rings is 1. The number of ether oxygens (including phenoxy) is 2. The fourth-order valence-corrected chi connectivity index (χ4v) is 2.04. The quantitative estimate of drug-likeness (QED) is 0.737. The summed E-state index contributed by atoms with van der Waals surface area (Å²) in [5, 5.41) is 0.465. The van der Waals surface area contributed by atoms with E-state index in [4.69, 9.17) is 9.47 Å². The first-order valence-corrected chi connectivity index (χ1v) is 6.44. The zero-order chi connectivity index (χ0) is 14.7. The fourth-order valence-electron chi connectivity index (χ4n) is 2.04. The van der Waals surface area contributed by atoms with Gasteiger partial charge in [-0.1, -0.05) is 0 Å². The van der Waals surface area contributed by atoms with Crippen molar-refractivity contribution in [3.05, 3.63) is 47.0 Å². The SMILES string of the molecule is COc1cc2c(=O)[nH]cnc2cc1OCCc1ncc[nH]1. The van der Waals surface area contributed by atoms with Crippen molar-refractivity contribution >= 4 is 10.9 Å². The van der Waals surface area contributed by atoms with E-state index in [1.54, 1.807) is 24.5 Å². The van der Waals surface area contributed by atoms with Gasteiger partial charge >= 0.3 is 0 Å². The summed E-state index contributed by atoms with van der Waals surface area (Å²) in [4.78, 5) is 25.5. The molecule has 0 unspecified atom stereocenters. The second-order valence-electron chi connectivity index (χ2n) is 4.39. The molecule has 2 heterocycles. The molecule has 0 fully saturated rings. The Bertz CT molecular complexity index is 796. The molecule has 7 nitrogen and oxygen atoms in total. The topological polar surface area (TPSA) is 92.9 Å². The van der Waals surface area contributed by atoms with Crippen molar-refractivity contribution in [3.63, 3.8) is 0 Å². The number of hydrogen-bond acceptors (Lipinski definition) is 5. The highest BCUT2D eigenvalue weighted by Crippen LogP contribution is 2.30. The number of nitrogens with zero attached hydrogens (tertiary/aromatic N) is 2. The first-order valence-electron chi connectivity index (χ1n) is 6.44. The van der Waals surface area contributed by atoms with E-state index in [9.17, 15) is 4.79 Å². The molecule has 0 saturated carbocycles. The molecular weight excluding hydrogens is 272 g/mol. The van der Waals surface area contributed by atoms with E-state index >= 15 is 0 Å². The van der Waals surface area contributed by atoms with Crippen molar-refractivity contribution in [2.24, 2.45) is 0 Å². The molecule has 0 aliphatic rings. The molecule has 0 aliphatic carbocycles. The van der Waals surface area contributed by atoms with Gasteiger partial charge in [0.1, 0.15) is 5.82 Å². The number of hydrogen-bond donors (Lipinski definition) is 2. The van der Waals surface area contributed by atoms with Crippen molar-refractivity contribution in [1.29, 1.82) is 0 Å². The summed E-state index contributed by atoms with van der Waals surface area (Å²) in [6, 6.07) is 3.33. The molecule has 0 spiro atoms. The molecule has 0 saturated heterocycles. The highest BCUT2D eigenvalue weighted by molar-refractivity contribution is 5.81. The van der Waals surface area contributed by atoms with Gasteiger partial charge in [0, 0.05) is 24.9 Å². The number of aromatic nitrogens is 4. The molecule has 0 bridgehead atoms. The minimum absolute atomic E-state index is 0.208. The number of methoxy groups -OCH3 is 1. The summed E-state index contributed by atoms with van der Waals surface area (Å²) in [7, 11) is 1.53. The third kappa shape index (κ3) is 2.71. The summed E-state index contributed by atoms with van der Waals surface area (Å²) in [5.74, 6) is 1.90. The molecular formula is C14H14N4O3. The molecule has 3 aromatic rings. The third-order valence-electron chi connectivity index (χ3n) is 3.08. The first kappa shape index (κ1) is 13.2. The second kappa shape index (κ2) is 5.66. The lowest BCUT2D eigenvalue weighted by Gasteiger charge is -2.11. The monoisotopic (exact) mass is 286 g/mol. The van der Waals surface area contributed by atoms with Gasteiger partial charge in [0.15, 0.2) is 11.5 Å². The van der Waals surface area contributed by atoms with Gasteiger partial charge in [0.25, 0.3) is 5.56 Å². The lowest BCUT2D eigenvalue weighted by atomic mass is 10.2. The van der Waals surface area contributed by atoms with Crippen molar-refractivity contribution in [3.8, 4) is 11.5 Å². The van der Waals surface area contributed by atoms with Crippen molar-refractivity contribution in [2.45, 2.75) is 6.42 Å². The number of H-pyrrole nitrogens is 2. The van der Waals surface area contributed by atoms with E-state index < -0.39 is 0 Å². The van der Waals surface area contributed by atoms with Gasteiger partial charge in [0.05, 0.1) is 30.9 Å². The summed E-state index contributed by atoms with van der Waals surface area (Å²) in [6.07, 6.45) is 5.48. The van der Waals surface area contributed by atoms with Crippen molar-refractivity contribution in [1.82, 2.24) is 19.9 Å². The maximum Gasteiger partial charge on any atom is 0.258 e. The Morgan fingerprint density at radius 2 is 2.10 bits per heavy atom. The van der Waals surface area contributed by atoms with E-state index in [0.717, 1.165) is 5.82 Å². The Hall–Kier alpha value is -2.83. The number of nitrogens with one attached hydrogen (secondary N) is 2. The van der Waals surface area contributed by atoms with Crippen LogP contribution in [0.25, 0.3) is 10.9 Å². The molecule has 0 amide bonds. The van der Waals surface area contributed by atoms with E-state index in [-0.39, 0.29) is 5.56 Å².